The number of ether oxygens (including phenoxy) is 2. The summed E-state index contributed by atoms with van der Waals surface area (Å²) in [6.45, 7) is 1.18. The summed E-state index contributed by atoms with van der Waals surface area (Å²) in [6.07, 6.45) is 5.68. The fourth-order valence-corrected chi connectivity index (χ4v) is 5.97. The maximum Gasteiger partial charge on any atom is 0.243 e. The molecule has 2 heterocycles. The topological polar surface area (TPSA) is 93.1 Å². The molecule has 1 aliphatic rings. The van der Waals surface area contributed by atoms with E-state index in [9.17, 15) is 8.42 Å². The van der Waals surface area contributed by atoms with Crippen LogP contribution in [0.15, 0.2) is 57.8 Å². The molecule has 0 saturated carbocycles. The van der Waals surface area contributed by atoms with Crippen LogP contribution in [0.5, 0.6) is 11.5 Å². The molecule has 10 heteroatoms. The number of anilines is 1. The molecule has 0 unspecified atom stereocenters. The number of benzene rings is 2. The van der Waals surface area contributed by atoms with Crippen molar-refractivity contribution in [3.05, 3.63) is 53.4 Å². The number of sulfonamides is 1. The van der Waals surface area contributed by atoms with E-state index < -0.39 is 10.0 Å². The van der Waals surface area contributed by atoms with Crippen LogP contribution >= 0.6 is 11.3 Å². The fraction of sp³-hybridized carbons (Fsp3) is 0.333. The number of nitrogens with one attached hydrogen (secondary N) is 1. The van der Waals surface area contributed by atoms with Crippen LogP contribution in [-0.2, 0) is 10.0 Å². The van der Waals surface area contributed by atoms with Crippen LogP contribution in [0.3, 0.4) is 0 Å². The van der Waals surface area contributed by atoms with Gasteiger partial charge in [0, 0.05) is 24.0 Å². The fourth-order valence-electron chi connectivity index (χ4n) is 3.78. The first-order valence-electron chi connectivity index (χ1n) is 11.1. The molecule has 0 atom stereocenters. The van der Waals surface area contributed by atoms with E-state index in [4.69, 9.17) is 9.47 Å². The van der Waals surface area contributed by atoms with Crippen molar-refractivity contribution >= 4 is 32.7 Å². The Hall–Kier alpha value is -2.95. The van der Waals surface area contributed by atoms with Crippen LogP contribution in [0.1, 0.15) is 31.2 Å². The highest BCUT2D eigenvalue weighted by atomic mass is 32.2. The summed E-state index contributed by atoms with van der Waals surface area (Å²) in [6, 6.07) is 12.5. The second-order valence-electron chi connectivity index (χ2n) is 7.86. The Morgan fingerprint density at radius 1 is 1.00 bits per heavy atom. The number of methoxy groups -OCH3 is 2. The van der Waals surface area contributed by atoms with Gasteiger partial charge in [0.2, 0.25) is 15.2 Å². The third-order valence-electron chi connectivity index (χ3n) is 5.64. The van der Waals surface area contributed by atoms with Gasteiger partial charge in [-0.05, 0) is 48.7 Å². The molecule has 0 spiro atoms. The molecule has 1 aliphatic heterocycles. The summed E-state index contributed by atoms with van der Waals surface area (Å²) in [5, 5.41) is 6.79. The lowest BCUT2D eigenvalue weighted by atomic mass is 10.2. The molecular weight excluding hydrogens is 472 g/mol. The highest BCUT2D eigenvalue weighted by Gasteiger charge is 2.25. The van der Waals surface area contributed by atoms with Gasteiger partial charge in [-0.25, -0.2) is 13.4 Å². The van der Waals surface area contributed by atoms with Crippen LogP contribution in [0.4, 0.5) is 5.13 Å². The molecule has 34 heavy (non-hydrogen) atoms. The summed E-state index contributed by atoms with van der Waals surface area (Å²) in [5.41, 5.74) is 5.39. The van der Waals surface area contributed by atoms with E-state index >= 15 is 0 Å². The highest BCUT2D eigenvalue weighted by Crippen LogP contribution is 2.28. The summed E-state index contributed by atoms with van der Waals surface area (Å²) < 4.78 is 38.1. The number of rotatable bonds is 8. The van der Waals surface area contributed by atoms with Crippen LogP contribution in [0.2, 0.25) is 0 Å². The van der Waals surface area contributed by atoms with Gasteiger partial charge < -0.3 is 9.47 Å². The largest absolute Gasteiger partial charge is 0.493 e. The summed E-state index contributed by atoms with van der Waals surface area (Å²) in [4.78, 5) is 4.88. The lowest BCUT2D eigenvalue weighted by Crippen LogP contribution is -2.31. The molecule has 3 aromatic rings. The first-order chi connectivity index (χ1) is 16.5. The van der Waals surface area contributed by atoms with Crippen molar-refractivity contribution in [3.8, 4) is 22.8 Å². The molecule has 1 saturated heterocycles. The van der Waals surface area contributed by atoms with E-state index in [2.05, 4.69) is 15.5 Å². The number of hydrogen-bond acceptors (Lipinski definition) is 8. The van der Waals surface area contributed by atoms with E-state index in [1.165, 1.54) is 11.3 Å². The van der Waals surface area contributed by atoms with Gasteiger partial charge in [-0.2, -0.15) is 9.41 Å². The van der Waals surface area contributed by atoms with Gasteiger partial charge in [-0.1, -0.05) is 25.0 Å². The first-order valence-corrected chi connectivity index (χ1v) is 13.4. The molecule has 8 nitrogen and oxygen atoms in total. The zero-order valence-corrected chi connectivity index (χ0v) is 20.9. The summed E-state index contributed by atoms with van der Waals surface area (Å²) in [7, 11) is -0.279. The number of thiazole rings is 1. The van der Waals surface area contributed by atoms with Gasteiger partial charge in [-0.3, -0.25) is 5.43 Å². The predicted octanol–water partition coefficient (Wildman–Crippen LogP) is 4.84. The van der Waals surface area contributed by atoms with Crippen molar-refractivity contribution in [2.45, 2.75) is 30.6 Å². The quantitative estimate of drug-likeness (QED) is 0.352. The third kappa shape index (κ3) is 5.57. The van der Waals surface area contributed by atoms with Gasteiger partial charge in [-0.15, -0.1) is 11.3 Å². The Morgan fingerprint density at radius 3 is 2.38 bits per heavy atom. The Balaban J connectivity index is 1.41. The Labute approximate surface area is 204 Å². The molecule has 0 amide bonds. The molecule has 0 radical (unpaired) electrons. The zero-order valence-electron chi connectivity index (χ0n) is 19.2. The average Bonchev–Trinajstić information content (AvgIpc) is 3.15. The molecule has 1 aromatic heterocycles. The number of hydrazone groups is 1. The number of nitrogens with zero attached hydrogens (tertiary/aromatic N) is 3. The monoisotopic (exact) mass is 500 g/mol. The SMILES string of the molecule is COc1ccc(C=NNc2nc(-c3ccc(S(=O)(=O)N4CCCCCC4)cc3)cs2)cc1OC. The minimum atomic E-state index is -3.46. The third-order valence-corrected chi connectivity index (χ3v) is 8.30. The van der Waals surface area contributed by atoms with E-state index in [-0.39, 0.29) is 0 Å². The number of aromatic nitrogens is 1. The Kier molecular flexibility index (Phi) is 7.81. The van der Waals surface area contributed by atoms with Crippen molar-refractivity contribution < 1.29 is 17.9 Å². The maximum absolute atomic E-state index is 13.0. The first kappa shape index (κ1) is 24.2. The predicted molar refractivity (Wildman–Crippen MR) is 136 cm³/mol. The second kappa shape index (κ2) is 11.0. The van der Waals surface area contributed by atoms with E-state index in [0.29, 0.717) is 34.6 Å². The molecule has 2 aromatic carbocycles. The van der Waals surface area contributed by atoms with Crippen LogP contribution in [-0.4, -0.2) is 51.2 Å². The minimum Gasteiger partial charge on any atom is -0.493 e. The van der Waals surface area contributed by atoms with Crippen LogP contribution < -0.4 is 14.9 Å². The molecule has 1 N–H and O–H groups in total. The minimum absolute atomic E-state index is 0.325. The van der Waals surface area contributed by atoms with Gasteiger partial charge in [0.05, 0.1) is 31.0 Å². The maximum atomic E-state index is 13.0. The summed E-state index contributed by atoms with van der Waals surface area (Å²) >= 11 is 1.42. The van der Waals surface area contributed by atoms with Crippen molar-refractivity contribution in [1.82, 2.24) is 9.29 Å². The number of hydrogen-bond donors (Lipinski definition) is 1. The molecular formula is C24H28N4O4S2. The van der Waals surface area contributed by atoms with Gasteiger partial charge in [0.25, 0.3) is 0 Å². The van der Waals surface area contributed by atoms with Gasteiger partial charge in [0.1, 0.15) is 0 Å². The summed E-state index contributed by atoms with van der Waals surface area (Å²) in [5.74, 6) is 1.28. The smallest absolute Gasteiger partial charge is 0.243 e. The van der Waals surface area contributed by atoms with Crippen molar-refractivity contribution in [3.63, 3.8) is 0 Å². The molecule has 4 rings (SSSR count). The molecule has 180 valence electrons. The lowest BCUT2D eigenvalue weighted by molar-refractivity contribution is 0.355. The van der Waals surface area contributed by atoms with Crippen molar-refractivity contribution in [2.75, 3.05) is 32.7 Å². The van der Waals surface area contributed by atoms with Crippen molar-refractivity contribution in [2.24, 2.45) is 5.10 Å². The zero-order chi connectivity index (χ0) is 24.0. The van der Waals surface area contributed by atoms with Gasteiger partial charge in [0.15, 0.2) is 11.5 Å². The Morgan fingerprint density at radius 2 is 1.71 bits per heavy atom. The van der Waals surface area contributed by atoms with E-state index in [1.54, 1.807) is 49.0 Å². The van der Waals surface area contributed by atoms with Crippen molar-refractivity contribution in [1.29, 1.82) is 0 Å². The average molecular weight is 501 g/mol. The van der Waals surface area contributed by atoms with Crippen LogP contribution in [0, 0.1) is 0 Å². The molecule has 0 bridgehead atoms. The van der Waals surface area contributed by atoms with Gasteiger partial charge >= 0.3 is 0 Å². The lowest BCUT2D eigenvalue weighted by Gasteiger charge is -2.19. The normalized spacial score (nSPS) is 15.2. The second-order valence-corrected chi connectivity index (χ2v) is 10.7. The Bertz CT molecular complexity index is 1230. The molecule has 1 fully saturated rings. The van der Waals surface area contributed by atoms with Crippen LogP contribution in [0.25, 0.3) is 11.3 Å². The van der Waals surface area contributed by atoms with E-state index in [0.717, 1.165) is 42.5 Å². The molecule has 0 aliphatic carbocycles. The standard InChI is InChI=1S/C24H28N4O4S2/c1-31-22-12-7-18(15-23(22)32-2)16-25-27-24-26-21(17-33-24)19-8-10-20(11-9-19)34(29,30)28-13-5-3-4-6-14-28/h7-12,15-17H,3-6,13-14H2,1-2H3,(H,26,27). The van der Waals surface area contributed by atoms with E-state index in [1.807, 2.05) is 23.6 Å². The highest BCUT2D eigenvalue weighted by molar-refractivity contribution is 7.89.